The third-order valence-electron chi connectivity index (χ3n) is 5.38. The molecule has 4 unspecified atom stereocenters. The number of rotatable bonds is 5. The van der Waals surface area contributed by atoms with Gasteiger partial charge in [-0.15, -0.1) is 0 Å². The Morgan fingerprint density at radius 2 is 2.05 bits per heavy atom. The lowest BCUT2D eigenvalue weighted by Crippen LogP contribution is -2.27. The van der Waals surface area contributed by atoms with E-state index in [-0.39, 0.29) is 23.5 Å². The van der Waals surface area contributed by atoms with E-state index in [0.717, 1.165) is 17.7 Å². The van der Waals surface area contributed by atoms with Gasteiger partial charge in [0.1, 0.15) is 11.5 Å². The molecule has 4 atom stereocenters. The average Bonchev–Trinajstić information content (AvgIpc) is 3.04. The van der Waals surface area contributed by atoms with E-state index in [9.17, 15) is 14.7 Å². The van der Waals surface area contributed by atoms with E-state index in [1.807, 2.05) is 31.2 Å². The molecule has 1 N–H and O–H groups in total. The molecule has 112 valence electrons. The molecule has 0 aromatic heterocycles. The van der Waals surface area contributed by atoms with Crippen molar-refractivity contribution < 1.29 is 19.4 Å². The first-order chi connectivity index (χ1) is 10.0. The van der Waals surface area contributed by atoms with Crippen molar-refractivity contribution in [2.24, 2.45) is 23.2 Å². The molecule has 0 bridgehead atoms. The van der Waals surface area contributed by atoms with Crippen LogP contribution >= 0.6 is 0 Å². The molecule has 4 nitrogen and oxygen atoms in total. The van der Waals surface area contributed by atoms with Crippen molar-refractivity contribution >= 4 is 11.8 Å². The Morgan fingerprint density at radius 3 is 2.48 bits per heavy atom. The van der Waals surface area contributed by atoms with Crippen LogP contribution in [0.25, 0.3) is 0 Å². The first kappa shape index (κ1) is 14.1. The molecule has 2 aliphatic carbocycles. The van der Waals surface area contributed by atoms with E-state index in [1.165, 1.54) is 0 Å². The van der Waals surface area contributed by atoms with Gasteiger partial charge in [0.15, 0.2) is 0 Å². The van der Waals surface area contributed by atoms with Gasteiger partial charge in [-0.1, -0.05) is 19.1 Å². The van der Waals surface area contributed by atoms with Crippen LogP contribution in [-0.4, -0.2) is 24.0 Å². The summed E-state index contributed by atoms with van der Waals surface area (Å²) < 4.78 is 5.12. The molecular weight excluding hydrogens is 268 g/mol. The third-order valence-corrected chi connectivity index (χ3v) is 5.38. The lowest BCUT2D eigenvalue weighted by molar-refractivity contribution is -0.147. The quantitative estimate of drug-likeness (QED) is 0.904. The van der Waals surface area contributed by atoms with Gasteiger partial charge in [-0.05, 0) is 42.9 Å². The zero-order valence-corrected chi connectivity index (χ0v) is 12.3. The van der Waals surface area contributed by atoms with Crippen LogP contribution in [0.2, 0.25) is 0 Å². The van der Waals surface area contributed by atoms with Gasteiger partial charge in [0.05, 0.1) is 12.5 Å². The van der Waals surface area contributed by atoms with Crippen LogP contribution in [0.5, 0.6) is 5.75 Å². The molecule has 2 aliphatic rings. The summed E-state index contributed by atoms with van der Waals surface area (Å²) in [7, 11) is 1.62. The topological polar surface area (TPSA) is 63.6 Å². The van der Waals surface area contributed by atoms with Crippen molar-refractivity contribution in [1.29, 1.82) is 0 Å². The normalized spacial score (nSPS) is 33.6. The summed E-state index contributed by atoms with van der Waals surface area (Å²) in [6.45, 7) is 1.87. The summed E-state index contributed by atoms with van der Waals surface area (Å²) in [5.41, 5.74) is 0.348. The fourth-order valence-corrected chi connectivity index (χ4v) is 4.15. The Bertz CT molecular complexity index is 577. The minimum atomic E-state index is -0.795. The van der Waals surface area contributed by atoms with E-state index < -0.39 is 11.4 Å². The standard InChI is InChI=1S/C17H20O4/c1-3-17(16(19)20)13-9-11(15(18)14(13)17)8-10-4-6-12(21-2)7-5-10/h4-7,11,13-14H,3,8-9H2,1-2H3,(H,19,20). The van der Waals surface area contributed by atoms with Gasteiger partial charge in [0, 0.05) is 11.8 Å². The monoisotopic (exact) mass is 288 g/mol. The van der Waals surface area contributed by atoms with E-state index in [1.54, 1.807) is 7.11 Å². The number of carboxylic acid groups (broad SMARTS) is 1. The van der Waals surface area contributed by atoms with Crippen LogP contribution in [0.15, 0.2) is 24.3 Å². The molecule has 0 saturated heterocycles. The molecule has 1 aromatic rings. The van der Waals surface area contributed by atoms with Crippen molar-refractivity contribution in [1.82, 2.24) is 0 Å². The molecule has 0 amide bonds. The number of benzene rings is 1. The summed E-state index contributed by atoms with van der Waals surface area (Å²) >= 11 is 0. The van der Waals surface area contributed by atoms with Crippen LogP contribution in [0.1, 0.15) is 25.3 Å². The summed E-state index contributed by atoms with van der Waals surface area (Å²) in [5.74, 6) is -0.0574. The second-order valence-corrected chi connectivity index (χ2v) is 6.17. The molecule has 1 aromatic carbocycles. The van der Waals surface area contributed by atoms with Crippen molar-refractivity contribution in [2.45, 2.75) is 26.2 Å². The van der Waals surface area contributed by atoms with Crippen LogP contribution in [0, 0.1) is 23.2 Å². The second-order valence-electron chi connectivity index (χ2n) is 6.17. The lowest BCUT2D eigenvalue weighted by atomic mass is 9.84. The highest BCUT2D eigenvalue weighted by atomic mass is 16.5. The van der Waals surface area contributed by atoms with Crippen LogP contribution in [-0.2, 0) is 16.0 Å². The second kappa shape index (κ2) is 4.86. The Labute approximate surface area is 124 Å². The van der Waals surface area contributed by atoms with E-state index in [0.29, 0.717) is 12.8 Å². The maximum absolute atomic E-state index is 12.5. The van der Waals surface area contributed by atoms with Gasteiger partial charge in [-0.3, -0.25) is 9.59 Å². The Balaban J connectivity index is 1.68. The van der Waals surface area contributed by atoms with Crippen LogP contribution < -0.4 is 4.74 Å². The smallest absolute Gasteiger partial charge is 0.310 e. The minimum absolute atomic E-state index is 0.0209. The van der Waals surface area contributed by atoms with Crippen molar-refractivity contribution in [3.63, 3.8) is 0 Å². The first-order valence-electron chi connectivity index (χ1n) is 7.44. The van der Waals surface area contributed by atoms with Gasteiger partial charge in [-0.25, -0.2) is 0 Å². The number of ether oxygens (including phenoxy) is 1. The highest BCUT2D eigenvalue weighted by molar-refractivity contribution is 5.98. The van der Waals surface area contributed by atoms with Gasteiger partial charge in [0.25, 0.3) is 0 Å². The maximum atomic E-state index is 12.5. The number of Topliss-reactive ketones (excluding diaryl/α,β-unsaturated/α-hetero) is 1. The molecule has 3 rings (SSSR count). The summed E-state index contributed by atoms with van der Waals surface area (Å²) in [6, 6.07) is 7.73. The van der Waals surface area contributed by atoms with Crippen molar-refractivity contribution in [2.75, 3.05) is 7.11 Å². The van der Waals surface area contributed by atoms with Crippen molar-refractivity contribution in [3.05, 3.63) is 29.8 Å². The number of hydrogen-bond donors (Lipinski definition) is 1. The molecule has 0 radical (unpaired) electrons. The Morgan fingerprint density at radius 1 is 1.38 bits per heavy atom. The van der Waals surface area contributed by atoms with Gasteiger partial charge in [-0.2, -0.15) is 0 Å². The molecule has 0 spiro atoms. The predicted molar refractivity (Wildman–Crippen MR) is 77.2 cm³/mol. The van der Waals surface area contributed by atoms with E-state index >= 15 is 0 Å². The van der Waals surface area contributed by atoms with Crippen LogP contribution in [0.3, 0.4) is 0 Å². The number of fused-ring (bicyclic) bond motifs is 1. The molecule has 0 heterocycles. The van der Waals surface area contributed by atoms with Gasteiger partial charge in [0.2, 0.25) is 0 Å². The van der Waals surface area contributed by atoms with Crippen LogP contribution in [0.4, 0.5) is 0 Å². The largest absolute Gasteiger partial charge is 0.497 e. The molecule has 0 aliphatic heterocycles. The fraction of sp³-hybridized carbons (Fsp3) is 0.529. The zero-order valence-electron chi connectivity index (χ0n) is 12.3. The lowest BCUT2D eigenvalue weighted by Gasteiger charge is -2.18. The predicted octanol–water partition coefficient (Wildman–Crippen LogP) is 2.55. The molecular formula is C17H20O4. The SMILES string of the molecule is CCC1(C(=O)O)C2CC(Cc3ccc(OC)cc3)C(=O)C21. The minimum Gasteiger partial charge on any atom is -0.497 e. The van der Waals surface area contributed by atoms with E-state index in [2.05, 4.69) is 0 Å². The average molecular weight is 288 g/mol. The third kappa shape index (κ3) is 1.96. The summed E-state index contributed by atoms with van der Waals surface area (Å²) in [5, 5.41) is 9.39. The number of ketones is 1. The highest BCUT2D eigenvalue weighted by Gasteiger charge is 2.75. The molecule has 2 saturated carbocycles. The number of carbonyl (C=O) groups excluding carboxylic acids is 1. The molecule has 4 heteroatoms. The number of methoxy groups -OCH3 is 1. The van der Waals surface area contributed by atoms with Crippen molar-refractivity contribution in [3.8, 4) is 5.75 Å². The van der Waals surface area contributed by atoms with Gasteiger partial charge >= 0.3 is 5.97 Å². The summed E-state index contributed by atoms with van der Waals surface area (Å²) in [4.78, 5) is 23.9. The Kier molecular flexibility index (Phi) is 3.27. The molecule has 21 heavy (non-hydrogen) atoms. The first-order valence-corrected chi connectivity index (χ1v) is 7.44. The number of aliphatic carboxylic acids is 1. The number of carbonyl (C=O) groups is 2. The Hall–Kier alpha value is -1.84. The summed E-state index contributed by atoms with van der Waals surface area (Å²) in [6.07, 6.45) is 1.98. The number of carboxylic acids is 1. The fourth-order valence-electron chi connectivity index (χ4n) is 4.15. The maximum Gasteiger partial charge on any atom is 0.310 e. The highest BCUT2D eigenvalue weighted by Crippen LogP contribution is 2.69. The zero-order chi connectivity index (χ0) is 15.2. The number of hydrogen-bond acceptors (Lipinski definition) is 3. The van der Waals surface area contributed by atoms with E-state index in [4.69, 9.17) is 4.74 Å². The molecule has 2 fully saturated rings. The van der Waals surface area contributed by atoms with Gasteiger partial charge < -0.3 is 9.84 Å².